The van der Waals surface area contributed by atoms with E-state index < -0.39 is 0 Å². The van der Waals surface area contributed by atoms with Crippen LogP contribution in [-0.2, 0) is 17.2 Å². The Balaban J connectivity index is 2.12. The van der Waals surface area contributed by atoms with Crippen LogP contribution < -0.4 is 0 Å². The zero-order valence-corrected chi connectivity index (χ0v) is 15.1. The number of fused-ring (bicyclic) bond motifs is 1. The average molecular weight is 425 g/mol. The number of hydrogen-bond donors (Lipinski definition) is 0. The summed E-state index contributed by atoms with van der Waals surface area (Å²) >= 11 is 7.91. The van der Waals surface area contributed by atoms with E-state index in [-0.39, 0.29) is 5.82 Å². The van der Waals surface area contributed by atoms with E-state index in [0.717, 1.165) is 29.9 Å². The molecule has 0 saturated heterocycles. The van der Waals surface area contributed by atoms with E-state index in [1.807, 2.05) is 27.2 Å². The van der Waals surface area contributed by atoms with Crippen molar-refractivity contribution < 1.29 is 9.13 Å². The molecule has 0 fully saturated rings. The molecular formula is C15H19ClFIN2O. The van der Waals surface area contributed by atoms with Crippen molar-refractivity contribution in [1.82, 2.24) is 9.55 Å². The number of aromatic nitrogens is 2. The van der Waals surface area contributed by atoms with Crippen molar-refractivity contribution in [2.75, 3.05) is 13.2 Å². The standard InChI is InChI=1S/C15H19ClFIN2O/c1-10(2)3-5-21-6-4-20-14-7-11(17)12(18)8-13(14)19-15(20)9-16/h7-8,10H,3-6,9H2,1-2H3. The molecule has 6 heteroatoms. The van der Waals surface area contributed by atoms with Crippen LogP contribution in [0.3, 0.4) is 0 Å². The fraction of sp³-hybridized carbons (Fsp3) is 0.533. The molecular weight excluding hydrogens is 406 g/mol. The maximum absolute atomic E-state index is 13.8. The summed E-state index contributed by atoms with van der Waals surface area (Å²) in [7, 11) is 0. The monoisotopic (exact) mass is 424 g/mol. The van der Waals surface area contributed by atoms with Gasteiger partial charge in [-0.25, -0.2) is 9.37 Å². The number of benzene rings is 1. The lowest BCUT2D eigenvalue weighted by Gasteiger charge is -2.10. The number of rotatable bonds is 7. The maximum atomic E-state index is 13.8. The van der Waals surface area contributed by atoms with Crippen molar-refractivity contribution >= 4 is 45.2 Å². The molecule has 0 aliphatic rings. The summed E-state index contributed by atoms with van der Waals surface area (Å²) in [6.07, 6.45) is 1.04. The number of halogens is 3. The second-order valence-corrected chi connectivity index (χ2v) is 6.79. The molecule has 3 nitrogen and oxygen atoms in total. The first-order valence-electron chi connectivity index (χ1n) is 7.00. The van der Waals surface area contributed by atoms with E-state index in [4.69, 9.17) is 16.3 Å². The van der Waals surface area contributed by atoms with Crippen LogP contribution in [0.4, 0.5) is 4.39 Å². The Kier molecular flexibility index (Phi) is 6.25. The zero-order valence-electron chi connectivity index (χ0n) is 12.2. The maximum Gasteiger partial charge on any atom is 0.138 e. The minimum absolute atomic E-state index is 0.230. The van der Waals surface area contributed by atoms with Crippen LogP contribution in [0.25, 0.3) is 11.0 Å². The first-order chi connectivity index (χ1) is 10.0. The van der Waals surface area contributed by atoms with Crippen LogP contribution in [0.5, 0.6) is 0 Å². The molecule has 0 N–H and O–H groups in total. The van der Waals surface area contributed by atoms with Gasteiger partial charge in [-0.1, -0.05) is 13.8 Å². The fourth-order valence-corrected chi connectivity index (χ4v) is 2.75. The van der Waals surface area contributed by atoms with Gasteiger partial charge in [-0.05, 0) is 41.0 Å². The van der Waals surface area contributed by atoms with Crippen molar-refractivity contribution in [3.05, 3.63) is 27.3 Å². The predicted octanol–water partition coefficient (Wildman–Crippen LogP) is 4.58. The summed E-state index contributed by atoms with van der Waals surface area (Å²) in [5, 5.41) is 0. The van der Waals surface area contributed by atoms with Gasteiger partial charge in [-0.2, -0.15) is 0 Å². The predicted molar refractivity (Wildman–Crippen MR) is 92.2 cm³/mol. The first-order valence-corrected chi connectivity index (χ1v) is 8.62. The van der Waals surface area contributed by atoms with Crippen LogP contribution in [0.2, 0.25) is 0 Å². The largest absolute Gasteiger partial charge is 0.380 e. The average Bonchev–Trinajstić information content (AvgIpc) is 2.76. The number of imidazole rings is 1. The van der Waals surface area contributed by atoms with Gasteiger partial charge >= 0.3 is 0 Å². The Morgan fingerprint density at radius 1 is 1.38 bits per heavy atom. The molecule has 0 aliphatic heterocycles. The van der Waals surface area contributed by atoms with Gasteiger partial charge in [0.15, 0.2) is 0 Å². The molecule has 1 aromatic heterocycles. The first kappa shape index (κ1) is 17.0. The molecule has 1 aromatic carbocycles. The van der Waals surface area contributed by atoms with Gasteiger partial charge in [0.05, 0.1) is 27.1 Å². The summed E-state index contributed by atoms with van der Waals surface area (Å²) < 4.78 is 21.9. The molecule has 0 unspecified atom stereocenters. The van der Waals surface area contributed by atoms with E-state index in [9.17, 15) is 4.39 Å². The highest BCUT2D eigenvalue weighted by Gasteiger charge is 2.12. The molecule has 116 valence electrons. The fourth-order valence-electron chi connectivity index (χ4n) is 2.10. The molecule has 0 radical (unpaired) electrons. The van der Waals surface area contributed by atoms with Gasteiger partial charge in [-0.15, -0.1) is 11.6 Å². The molecule has 0 amide bonds. The lowest BCUT2D eigenvalue weighted by Crippen LogP contribution is -2.10. The summed E-state index contributed by atoms with van der Waals surface area (Å²) in [6.45, 7) is 6.30. The van der Waals surface area contributed by atoms with Gasteiger partial charge < -0.3 is 9.30 Å². The molecule has 0 atom stereocenters. The van der Waals surface area contributed by atoms with Gasteiger partial charge in [0.2, 0.25) is 0 Å². The van der Waals surface area contributed by atoms with Crippen molar-refractivity contribution in [3.63, 3.8) is 0 Å². The van der Waals surface area contributed by atoms with Crippen molar-refractivity contribution in [2.45, 2.75) is 32.7 Å². The molecule has 1 heterocycles. The molecule has 0 bridgehead atoms. The van der Waals surface area contributed by atoms with Crippen molar-refractivity contribution in [1.29, 1.82) is 0 Å². The lowest BCUT2D eigenvalue weighted by atomic mass is 10.1. The summed E-state index contributed by atoms with van der Waals surface area (Å²) in [5.74, 6) is 1.46. The number of nitrogens with zero attached hydrogens (tertiary/aromatic N) is 2. The van der Waals surface area contributed by atoms with E-state index in [2.05, 4.69) is 18.8 Å². The second-order valence-electron chi connectivity index (χ2n) is 5.36. The minimum Gasteiger partial charge on any atom is -0.380 e. The van der Waals surface area contributed by atoms with Crippen molar-refractivity contribution in [3.8, 4) is 0 Å². The summed E-state index contributed by atoms with van der Waals surface area (Å²) in [4.78, 5) is 4.46. The van der Waals surface area contributed by atoms with Crippen LogP contribution >= 0.6 is 34.2 Å². The number of alkyl halides is 1. The molecule has 0 aliphatic carbocycles. The summed E-state index contributed by atoms with van der Waals surface area (Å²) in [5.41, 5.74) is 1.55. The Bertz CT molecular complexity index is 615. The van der Waals surface area contributed by atoms with E-state index in [1.54, 1.807) is 6.07 Å². The van der Waals surface area contributed by atoms with Gasteiger partial charge in [0.25, 0.3) is 0 Å². The highest BCUT2D eigenvalue weighted by molar-refractivity contribution is 14.1. The van der Waals surface area contributed by atoms with Gasteiger partial charge in [0.1, 0.15) is 11.6 Å². The Morgan fingerprint density at radius 2 is 2.14 bits per heavy atom. The molecule has 21 heavy (non-hydrogen) atoms. The van der Waals surface area contributed by atoms with E-state index >= 15 is 0 Å². The number of ether oxygens (including phenoxy) is 1. The normalized spacial score (nSPS) is 11.7. The molecule has 0 saturated carbocycles. The van der Waals surface area contributed by atoms with Crippen LogP contribution in [0, 0.1) is 15.3 Å². The summed E-state index contributed by atoms with van der Waals surface area (Å²) in [6, 6.07) is 3.27. The Hall–Kier alpha value is -0.400. The quantitative estimate of drug-likeness (QED) is 0.369. The third-order valence-electron chi connectivity index (χ3n) is 3.29. The van der Waals surface area contributed by atoms with Crippen LogP contribution in [-0.4, -0.2) is 22.8 Å². The van der Waals surface area contributed by atoms with E-state index in [1.165, 1.54) is 6.07 Å². The van der Waals surface area contributed by atoms with Gasteiger partial charge in [0, 0.05) is 19.2 Å². The van der Waals surface area contributed by atoms with Crippen LogP contribution in [0.1, 0.15) is 26.1 Å². The lowest BCUT2D eigenvalue weighted by molar-refractivity contribution is 0.116. The van der Waals surface area contributed by atoms with Gasteiger partial charge in [-0.3, -0.25) is 0 Å². The highest BCUT2D eigenvalue weighted by atomic mass is 127. The Morgan fingerprint density at radius 3 is 2.81 bits per heavy atom. The zero-order chi connectivity index (χ0) is 15.4. The molecule has 0 spiro atoms. The number of hydrogen-bond acceptors (Lipinski definition) is 2. The molecule has 2 rings (SSSR count). The smallest absolute Gasteiger partial charge is 0.138 e. The topological polar surface area (TPSA) is 27.1 Å². The van der Waals surface area contributed by atoms with Crippen molar-refractivity contribution in [2.24, 2.45) is 5.92 Å². The molecule has 2 aromatic rings. The van der Waals surface area contributed by atoms with E-state index in [0.29, 0.717) is 28.5 Å². The SMILES string of the molecule is CC(C)CCOCCn1c(CCl)nc2cc(I)c(F)cc21. The Labute approximate surface area is 143 Å². The third kappa shape index (κ3) is 4.29. The second kappa shape index (κ2) is 7.74. The third-order valence-corrected chi connectivity index (χ3v) is 4.35. The minimum atomic E-state index is -0.230. The van der Waals surface area contributed by atoms with Crippen LogP contribution in [0.15, 0.2) is 12.1 Å². The highest BCUT2D eigenvalue weighted by Crippen LogP contribution is 2.22.